The van der Waals surface area contributed by atoms with E-state index in [1.807, 2.05) is 54.6 Å². The molecule has 1 aromatic heterocycles. The molecular weight excluding hydrogens is 420 g/mol. The number of nitriles is 1. The van der Waals surface area contributed by atoms with Crippen LogP contribution in [0.1, 0.15) is 11.9 Å². The third-order valence-corrected chi connectivity index (χ3v) is 5.36. The highest BCUT2D eigenvalue weighted by Crippen LogP contribution is 2.35. The van der Waals surface area contributed by atoms with Gasteiger partial charge < -0.3 is 25.1 Å². The second-order valence-electron chi connectivity index (χ2n) is 6.53. The third kappa shape index (κ3) is 3.59. The number of benzene rings is 2. The van der Waals surface area contributed by atoms with E-state index in [-0.39, 0.29) is 11.4 Å². The molecule has 0 saturated carbocycles. The Labute approximate surface area is 184 Å². The summed E-state index contributed by atoms with van der Waals surface area (Å²) in [6.45, 7) is 0. The van der Waals surface area contributed by atoms with Crippen molar-refractivity contribution in [3.63, 3.8) is 0 Å². The molecule has 1 aliphatic rings. The van der Waals surface area contributed by atoms with Crippen LogP contribution in [0.2, 0.25) is 5.02 Å². The summed E-state index contributed by atoms with van der Waals surface area (Å²) in [7, 11) is 1.60. The van der Waals surface area contributed by atoms with Crippen LogP contribution in [0.25, 0.3) is 11.3 Å². The topological polar surface area (TPSA) is 87.5 Å². The van der Waals surface area contributed by atoms with Crippen LogP contribution in [0.3, 0.4) is 0 Å². The molecule has 0 amide bonds. The molecule has 0 saturated heterocycles. The second-order valence-corrected chi connectivity index (χ2v) is 7.36. The van der Waals surface area contributed by atoms with Crippen molar-refractivity contribution in [3.05, 3.63) is 82.8 Å². The zero-order valence-corrected chi connectivity index (χ0v) is 17.5. The van der Waals surface area contributed by atoms with Crippen molar-refractivity contribution in [1.82, 2.24) is 5.32 Å². The maximum Gasteiger partial charge on any atom is 0.165 e. The minimum absolute atomic E-state index is 0.206. The number of furan rings is 1. The van der Waals surface area contributed by atoms with Gasteiger partial charge in [-0.2, -0.15) is 5.26 Å². The highest BCUT2D eigenvalue weighted by Gasteiger charge is 2.34. The van der Waals surface area contributed by atoms with E-state index in [0.29, 0.717) is 27.3 Å². The van der Waals surface area contributed by atoms with Crippen molar-refractivity contribution in [1.29, 1.82) is 5.26 Å². The van der Waals surface area contributed by atoms with Gasteiger partial charge in [-0.05, 0) is 48.5 Å². The molecule has 0 fully saturated rings. The Bertz CT molecular complexity index is 1180. The van der Waals surface area contributed by atoms with Crippen LogP contribution in [0.15, 0.2) is 76.5 Å². The number of nitrogens with zero attached hydrogens (tertiary/aromatic N) is 2. The predicted molar refractivity (Wildman–Crippen MR) is 120 cm³/mol. The molecule has 150 valence electrons. The highest BCUT2D eigenvalue weighted by atomic mass is 35.5. The first-order valence-electron chi connectivity index (χ1n) is 9.01. The molecular formula is C22H17ClN4O2S. The fourth-order valence-electron chi connectivity index (χ4n) is 3.25. The van der Waals surface area contributed by atoms with Gasteiger partial charge in [-0.1, -0.05) is 36.0 Å². The predicted octanol–water partition coefficient (Wildman–Crippen LogP) is 4.74. The number of halogens is 1. The standard InChI is InChI=1S/C22H17ClN4O2S/c1-28-16-7-5-15(6-8-16)27-21(26-20(25)17(12-24)22(27)30)19-10-9-18(29-19)13-3-2-4-14(23)11-13/h2-11,21,26H,25H2,1H3/t21-/m0/s1. The summed E-state index contributed by atoms with van der Waals surface area (Å²) >= 11 is 11.7. The van der Waals surface area contributed by atoms with E-state index in [1.165, 1.54) is 0 Å². The number of rotatable bonds is 4. The SMILES string of the molecule is COc1ccc(N2C(=S)C(C#N)=C(N)N[C@@H]2c2ccc(-c3cccc(Cl)c3)o2)cc1. The summed E-state index contributed by atoms with van der Waals surface area (Å²) in [5, 5.41) is 13.3. The van der Waals surface area contributed by atoms with Gasteiger partial charge in [0.2, 0.25) is 0 Å². The van der Waals surface area contributed by atoms with Crippen molar-refractivity contribution in [2.24, 2.45) is 5.73 Å². The van der Waals surface area contributed by atoms with Gasteiger partial charge in [0.25, 0.3) is 0 Å². The summed E-state index contributed by atoms with van der Waals surface area (Å²) in [6.07, 6.45) is -0.532. The maximum atomic E-state index is 9.52. The second kappa shape index (κ2) is 8.11. The fraction of sp³-hybridized carbons (Fsp3) is 0.0909. The largest absolute Gasteiger partial charge is 0.497 e. The monoisotopic (exact) mass is 436 g/mol. The molecule has 6 nitrogen and oxygen atoms in total. The average molecular weight is 437 g/mol. The Hall–Kier alpha value is -3.47. The van der Waals surface area contributed by atoms with Gasteiger partial charge in [0, 0.05) is 16.3 Å². The number of hydrogen-bond acceptors (Lipinski definition) is 6. The lowest BCUT2D eigenvalue weighted by molar-refractivity contribution is 0.414. The molecule has 4 rings (SSSR count). The Morgan fingerprint density at radius 2 is 1.97 bits per heavy atom. The first-order valence-corrected chi connectivity index (χ1v) is 9.80. The van der Waals surface area contributed by atoms with Crippen LogP contribution in [0, 0.1) is 11.3 Å². The number of anilines is 1. The van der Waals surface area contributed by atoms with Crippen molar-refractivity contribution in [3.8, 4) is 23.1 Å². The Balaban J connectivity index is 1.77. The van der Waals surface area contributed by atoms with E-state index in [9.17, 15) is 5.26 Å². The molecule has 8 heteroatoms. The first-order chi connectivity index (χ1) is 14.5. The van der Waals surface area contributed by atoms with Crippen molar-refractivity contribution in [2.45, 2.75) is 6.17 Å². The summed E-state index contributed by atoms with van der Waals surface area (Å²) in [5.41, 5.74) is 7.91. The van der Waals surface area contributed by atoms with Crippen LogP contribution in [-0.2, 0) is 0 Å². The molecule has 2 heterocycles. The normalized spacial score (nSPS) is 16.2. The molecule has 0 spiro atoms. The number of ether oxygens (including phenoxy) is 1. The van der Waals surface area contributed by atoms with Gasteiger partial charge in [0.1, 0.15) is 39.7 Å². The van der Waals surface area contributed by atoms with Gasteiger partial charge >= 0.3 is 0 Å². The van der Waals surface area contributed by atoms with Gasteiger partial charge in [0.05, 0.1) is 7.11 Å². The van der Waals surface area contributed by atoms with Crippen LogP contribution in [0.5, 0.6) is 5.75 Å². The van der Waals surface area contributed by atoms with E-state index in [4.69, 9.17) is 38.7 Å². The van der Waals surface area contributed by atoms with Crippen LogP contribution >= 0.6 is 23.8 Å². The maximum absolute atomic E-state index is 9.52. The van der Waals surface area contributed by atoms with Gasteiger partial charge in [-0.3, -0.25) is 0 Å². The number of hydrogen-bond donors (Lipinski definition) is 2. The fourth-order valence-corrected chi connectivity index (χ4v) is 3.81. The van der Waals surface area contributed by atoms with Crippen LogP contribution < -0.4 is 20.7 Å². The summed E-state index contributed by atoms with van der Waals surface area (Å²) in [4.78, 5) is 2.11. The minimum atomic E-state index is -0.532. The van der Waals surface area contributed by atoms with E-state index in [0.717, 1.165) is 11.3 Å². The number of nitrogens with one attached hydrogen (secondary N) is 1. The third-order valence-electron chi connectivity index (χ3n) is 4.72. The first kappa shape index (κ1) is 19.8. The molecule has 3 aromatic rings. The number of thiocarbonyl (C=S) groups is 1. The zero-order chi connectivity index (χ0) is 21.3. The molecule has 0 unspecified atom stereocenters. The van der Waals surface area contributed by atoms with Gasteiger partial charge in [0.15, 0.2) is 6.17 Å². The molecule has 2 aromatic carbocycles. The Kier molecular flexibility index (Phi) is 5.36. The molecule has 0 radical (unpaired) electrons. The van der Waals surface area contributed by atoms with Crippen LogP contribution in [0.4, 0.5) is 5.69 Å². The van der Waals surface area contributed by atoms with Gasteiger partial charge in [-0.15, -0.1) is 0 Å². The van der Waals surface area contributed by atoms with Crippen molar-refractivity contribution in [2.75, 3.05) is 12.0 Å². The lowest BCUT2D eigenvalue weighted by Gasteiger charge is -2.37. The highest BCUT2D eigenvalue weighted by molar-refractivity contribution is 7.81. The molecule has 3 N–H and O–H groups in total. The number of nitrogens with two attached hydrogens (primary N) is 1. The van der Waals surface area contributed by atoms with E-state index in [2.05, 4.69) is 11.4 Å². The molecule has 1 aliphatic heterocycles. The van der Waals surface area contributed by atoms with E-state index < -0.39 is 6.17 Å². The molecule has 0 aliphatic carbocycles. The quantitative estimate of drug-likeness (QED) is 0.571. The lowest BCUT2D eigenvalue weighted by Crippen LogP contribution is -2.48. The summed E-state index contributed by atoms with van der Waals surface area (Å²) in [5.74, 6) is 2.16. The van der Waals surface area contributed by atoms with E-state index in [1.54, 1.807) is 18.1 Å². The van der Waals surface area contributed by atoms with E-state index >= 15 is 0 Å². The summed E-state index contributed by atoms with van der Waals surface area (Å²) < 4.78 is 11.4. The zero-order valence-electron chi connectivity index (χ0n) is 15.9. The van der Waals surface area contributed by atoms with Crippen molar-refractivity contribution >= 4 is 34.5 Å². The smallest absolute Gasteiger partial charge is 0.165 e. The summed E-state index contributed by atoms with van der Waals surface area (Å²) in [6, 6.07) is 20.5. The molecule has 30 heavy (non-hydrogen) atoms. The Morgan fingerprint density at radius 3 is 2.63 bits per heavy atom. The van der Waals surface area contributed by atoms with Gasteiger partial charge in [-0.25, -0.2) is 0 Å². The number of methoxy groups -OCH3 is 1. The minimum Gasteiger partial charge on any atom is -0.497 e. The average Bonchev–Trinajstić information content (AvgIpc) is 3.24. The Morgan fingerprint density at radius 1 is 1.20 bits per heavy atom. The molecule has 1 atom stereocenters. The molecule has 0 bridgehead atoms. The van der Waals surface area contributed by atoms with Crippen molar-refractivity contribution < 1.29 is 9.15 Å². The lowest BCUT2D eigenvalue weighted by atomic mass is 10.1. The van der Waals surface area contributed by atoms with Crippen LogP contribution in [-0.4, -0.2) is 12.1 Å².